The van der Waals surface area contributed by atoms with Crippen molar-refractivity contribution >= 4 is 11.8 Å². The number of aromatic amines is 1. The first kappa shape index (κ1) is 12.7. The largest absolute Gasteiger partial charge is 0.368 e. The Labute approximate surface area is 107 Å². The minimum absolute atomic E-state index is 0.195. The van der Waals surface area contributed by atoms with Crippen molar-refractivity contribution in [1.82, 2.24) is 15.5 Å². The Balaban J connectivity index is 2.12. The summed E-state index contributed by atoms with van der Waals surface area (Å²) in [6.45, 7) is -0.246. The maximum absolute atomic E-state index is 12.8. The smallest absolute Gasteiger partial charge is 0.269 e. The highest BCUT2D eigenvalue weighted by molar-refractivity contribution is 5.95. The quantitative estimate of drug-likeness (QED) is 0.744. The number of carbonyl (C=O) groups is 2. The van der Waals surface area contributed by atoms with Crippen molar-refractivity contribution in [1.29, 1.82) is 0 Å². The maximum atomic E-state index is 12.8. The van der Waals surface area contributed by atoms with Crippen LogP contribution in [0.15, 0.2) is 30.3 Å². The maximum Gasteiger partial charge on any atom is 0.269 e. The van der Waals surface area contributed by atoms with Gasteiger partial charge in [-0.15, -0.1) is 0 Å². The van der Waals surface area contributed by atoms with E-state index in [1.165, 1.54) is 18.2 Å². The lowest BCUT2D eigenvalue weighted by Crippen LogP contribution is -2.33. The Morgan fingerprint density at radius 2 is 2.00 bits per heavy atom. The number of nitrogens with two attached hydrogens (primary N) is 1. The van der Waals surface area contributed by atoms with E-state index < -0.39 is 11.8 Å². The summed E-state index contributed by atoms with van der Waals surface area (Å²) in [5, 5.41) is 8.80. The van der Waals surface area contributed by atoms with E-state index in [0.29, 0.717) is 11.3 Å². The monoisotopic (exact) mass is 262 g/mol. The van der Waals surface area contributed by atoms with Gasteiger partial charge >= 0.3 is 0 Å². The van der Waals surface area contributed by atoms with Gasteiger partial charge in [-0.2, -0.15) is 5.10 Å². The molecule has 0 unspecified atom stereocenters. The molecule has 0 aliphatic rings. The van der Waals surface area contributed by atoms with Crippen LogP contribution in [0.3, 0.4) is 0 Å². The number of hydrogen-bond donors (Lipinski definition) is 3. The third-order valence-electron chi connectivity index (χ3n) is 2.39. The molecule has 0 fully saturated rings. The Morgan fingerprint density at radius 3 is 2.63 bits per heavy atom. The SMILES string of the molecule is NC(=O)CNC(=O)c1cc(-c2ccc(F)cc2)n[nH]1. The molecule has 6 nitrogen and oxygen atoms in total. The lowest BCUT2D eigenvalue weighted by atomic mass is 10.1. The van der Waals surface area contributed by atoms with Crippen molar-refractivity contribution in [2.24, 2.45) is 5.73 Å². The van der Waals surface area contributed by atoms with Gasteiger partial charge in [0.05, 0.1) is 12.2 Å². The molecule has 2 amide bonds. The molecule has 0 radical (unpaired) electrons. The number of amides is 2. The third-order valence-corrected chi connectivity index (χ3v) is 2.39. The molecule has 4 N–H and O–H groups in total. The lowest BCUT2D eigenvalue weighted by Gasteiger charge is -1.98. The number of carbonyl (C=O) groups excluding carboxylic acids is 2. The van der Waals surface area contributed by atoms with Crippen molar-refractivity contribution in [3.05, 3.63) is 41.8 Å². The van der Waals surface area contributed by atoms with Crippen molar-refractivity contribution in [2.75, 3.05) is 6.54 Å². The molecule has 0 aliphatic carbocycles. The summed E-state index contributed by atoms with van der Waals surface area (Å²) in [6.07, 6.45) is 0. The molecule has 0 atom stereocenters. The topological polar surface area (TPSA) is 101 Å². The molecule has 0 saturated heterocycles. The summed E-state index contributed by atoms with van der Waals surface area (Å²) in [6, 6.07) is 7.21. The summed E-state index contributed by atoms with van der Waals surface area (Å²) < 4.78 is 12.8. The third kappa shape index (κ3) is 3.15. The van der Waals surface area contributed by atoms with Crippen molar-refractivity contribution in [3.63, 3.8) is 0 Å². The second kappa shape index (κ2) is 5.30. The predicted octanol–water partition coefficient (Wildman–Crippen LogP) is 0.431. The second-order valence-electron chi connectivity index (χ2n) is 3.82. The fourth-order valence-corrected chi connectivity index (χ4v) is 1.47. The average Bonchev–Trinajstić information content (AvgIpc) is 2.86. The van der Waals surface area contributed by atoms with E-state index in [-0.39, 0.29) is 18.1 Å². The van der Waals surface area contributed by atoms with Crippen LogP contribution in [0.5, 0.6) is 0 Å². The highest BCUT2D eigenvalue weighted by Crippen LogP contribution is 2.17. The molecule has 2 rings (SSSR count). The highest BCUT2D eigenvalue weighted by atomic mass is 19.1. The normalized spacial score (nSPS) is 10.2. The number of halogens is 1. The standard InChI is InChI=1S/C12H11FN4O2/c13-8-3-1-7(2-4-8)9-5-10(17-16-9)12(19)15-6-11(14)18/h1-5H,6H2,(H2,14,18)(H,15,19)(H,16,17). The van der Waals surface area contributed by atoms with Gasteiger partial charge in [-0.05, 0) is 30.3 Å². The minimum atomic E-state index is -0.633. The van der Waals surface area contributed by atoms with Crippen LogP contribution in [0.25, 0.3) is 11.3 Å². The Morgan fingerprint density at radius 1 is 1.32 bits per heavy atom. The first-order valence-electron chi connectivity index (χ1n) is 5.44. The van der Waals surface area contributed by atoms with Crippen LogP contribution in [0.4, 0.5) is 4.39 Å². The van der Waals surface area contributed by atoms with Crippen LogP contribution < -0.4 is 11.1 Å². The van der Waals surface area contributed by atoms with E-state index in [4.69, 9.17) is 5.73 Å². The van der Waals surface area contributed by atoms with E-state index in [0.717, 1.165) is 0 Å². The van der Waals surface area contributed by atoms with Gasteiger partial charge in [-0.1, -0.05) is 0 Å². The van der Waals surface area contributed by atoms with Gasteiger partial charge in [0.15, 0.2) is 0 Å². The molecule has 98 valence electrons. The number of primary amides is 1. The number of hydrogen-bond acceptors (Lipinski definition) is 3. The van der Waals surface area contributed by atoms with E-state index in [1.54, 1.807) is 12.1 Å². The highest BCUT2D eigenvalue weighted by Gasteiger charge is 2.11. The number of rotatable bonds is 4. The molecular formula is C12H11FN4O2. The van der Waals surface area contributed by atoms with E-state index in [1.807, 2.05) is 0 Å². The predicted molar refractivity (Wildman–Crippen MR) is 65.5 cm³/mol. The molecule has 0 aliphatic heterocycles. The molecule has 0 bridgehead atoms. The number of H-pyrrole nitrogens is 1. The Bertz CT molecular complexity index is 606. The zero-order chi connectivity index (χ0) is 13.8. The fourth-order valence-electron chi connectivity index (χ4n) is 1.47. The minimum Gasteiger partial charge on any atom is -0.368 e. The summed E-state index contributed by atoms with van der Waals surface area (Å²) in [5.41, 5.74) is 6.29. The van der Waals surface area contributed by atoms with Gasteiger partial charge in [0.1, 0.15) is 11.5 Å². The number of aromatic nitrogens is 2. The van der Waals surface area contributed by atoms with Crippen molar-refractivity contribution in [2.45, 2.75) is 0 Å². The van der Waals surface area contributed by atoms with Gasteiger partial charge in [0, 0.05) is 5.56 Å². The molecular weight excluding hydrogens is 251 g/mol. The van der Waals surface area contributed by atoms with Crippen LogP contribution in [0, 0.1) is 5.82 Å². The van der Waals surface area contributed by atoms with Crippen molar-refractivity contribution < 1.29 is 14.0 Å². The van der Waals surface area contributed by atoms with Gasteiger partial charge in [0.2, 0.25) is 5.91 Å². The summed E-state index contributed by atoms with van der Waals surface area (Å²) in [7, 11) is 0. The van der Waals surface area contributed by atoms with Crippen molar-refractivity contribution in [3.8, 4) is 11.3 Å². The second-order valence-corrected chi connectivity index (χ2v) is 3.82. The van der Waals surface area contributed by atoms with Gasteiger partial charge in [-0.25, -0.2) is 4.39 Å². The molecule has 7 heteroatoms. The molecule has 1 heterocycles. The average molecular weight is 262 g/mol. The molecule has 2 aromatic rings. The summed E-state index contributed by atoms with van der Waals surface area (Å²) >= 11 is 0. The Hall–Kier alpha value is -2.70. The van der Waals surface area contributed by atoms with Crippen LogP contribution in [-0.4, -0.2) is 28.6 Å². The zero-order valence-electron chi connectivity index (χ0n) is 9.81. The molecule has 0 saturated carbocycles. The first-order valence-corrected chi connectivity index (χ1v) is 5.44. The fraction of sp³-hybridized carbons (Fsp3) is 0.0833. The first-order chi connectivity index (χ1) is 9.06. The van der Waals surface area contributed by atoms with E-state index in [2.05, 4.69) is 15.5 Å². The van der Waals surface area contributed by atoms with E-state index in [9.17, 15) is 14.0 Å². The number of benzene rings is 1. The molecule has 19 heavy (non-hydrogen) atoms. The van der Waals surface area contributed by atoms with Gasteiger partial charge in [-0.3, -0.25) is 14.7 Å². The molecule has 1 aromatic heterocycles. The number of nitrogens with one attached hydrogen (secondary N) is 2. The lowest BCUT2D eigenvalue weighted by molar-refractivity contribution is -0.117. The van der Waals surface area contributed by atoms with Crippen LogP contribution in [-0.2, 0) is 4.79 Å². The summed E-state index contributed by atoms with van der Waals surface area (Å²) in [4.78, 5) is 22.1. The molecule has 0 spiro atoms. The van der Waals surface area contributed by atoms with E-state index >= 15 is 0 Å². The van der Waals surface area contributed by atoms with Crippen LogP contribution >= 0.6 is 0 Å². The van der Waals surface area contributed by atoms with Gasteiger partial charge in [0.25, 0.3) is 5.91 Å². The van der Waals surface area contributed by atoms with Crippen LogP contribution in [0.1, 0.15) is 10.5 Å². The van der Waals surface area contributed by atoms with Gasteiger partial charge < -0.3 is 11.1 Å². The van der Waals surface area contributed by atoms with Crippen LogP contribution in [0.2, 0.25) is 0 Å². The summed E-state index contributed by atoms with van der Waals surface area (Å²) in [5.74, 6) is -1.47. The zero-order valence-corrected chi connectivity index (χ0v) is 9.81. The number of nitrogens with zero attached hydrogens (tertiary/aromatic N) is 1. The molecule has 1 aromatic carbocycles. The Kier molecular flexibility index (Phi) is 3.56.